The van der Waals surface area contributed by atoms with Gasteiger partial charge < -0.3 is 4.84 Å². The van der Waals surface area contributed by atoms with Crippen molar-refractivity contribution in [3.8, 4) is 0 Å². The summed E-state index contributed by atoms with van der Waals surface area (Å²) in [6.45, 7) is 7.82. The normalized spacial score (nSPS) is 11.1. The minimum atomic E-state index is -0.467. The minimum absolute atomic E-state index is 0.399. The Labute approximate surface area is 111 Å². The van der Waals surface area contributed by atoms with Gasteiger partial charge in [-0.25, -0.2) is 4.79 Å². The topological polar surface area (TPSA) is 53.2 Å². The van der Waals surface area contributed by atoms with Crippen molar-refractivity contribution >= 4 is 10.9 Å². The van der Waals surface area contributed by atoms with Gasteiger partial charge in [0.25, 0.3) is 5.56 Å². The molecule has 0 saturated carbocycles. The molecule has 5 heteroatoms. The molecule has 0 N–H and O–H groups in total. The van der Waals surface area contributed by atoms with Crippen LogP contribution < -0.4 is 16.1 Å². The molecule has 0 aliphatic heterocycles. The lowest BCUT2D eigenvalue weighted by molar-refractivity contribution is 0.143. The molecule has 0 fully saturated rings. The van der Waals surface area contributed by atoms with Crippen molar-refractivity contribution in [2.24, 2.45) is 7.05 Å². The van der Waals surface area contributed by atoms with Gasteiger partial charge in [0.1, 0.15) is 7.11 Å². The summed E-state index contributed by atoms with van der Waals surface area (Å²) in [6, 6.07) is 0. The summed E-state index contributed by atoms with van der Waals surface area (Å²) in [4.78, 5) is 29.4. The van der Waals surface area contributed by atoms with Crippen LogP contribution in [0.5, 0.6) is 0 Å². The number of nitrogens with zero attached hydrogens (tertiary/aromatic N) is 2. The Hall–Kier alpha value is -2.04. The Bertz CT molecular complexity index is 797. The lowest BCUT2D eigenvalue weighted by Crippen LogP contribution is -2.42. The van der Waals surface area contributed by atoms with E-state index in [-0.39, 0.29) is 0 Å². The minimum Gasteiger partial charge on any atom is -0.409 e. The smallest absolute Gasteiger partial charge is 0.364 e. The van der Waals surface area contributed by atoms with Crippen molar-refractivity contribution in [2.75, 3.05) is 7.11 Å². The van der Waals surface area contributed by atoms with E-state index < -0.39 is 11.2 Å². The summed E-state index contributed by atoms with van der Waals surface area (Å²) >= 11 is 0. The van der Waals surface area contributed by atoms with Gasteiger partial charge in [-0.05, 0) is 49.9 Å². The summed E-state index contributed by atoms with van der Waals surface area (Å²) in [5.41, 5.74) is 3.85. The molecule has 1 aromatic heterocycles. The number of benzene rings is 1. The van der Waals surface area contributed by atoms with Crippen LogP contribution in [-0.2, 0) is 7.05 Å². The number of rotatable bonds is 1. The van der Waals surface area contributed by atoms with Gasteiger partial charge in [-0.15, -0.1) is 0 Å². The van der Waals surface area contributed by atoms with Crippen LogP contribution in [0.25, 0.3) is 10.9 Å². The van der Waals surface area contributed by atoms with Crippen molar-refractivity contribution in [1.82, 2.24) is 9.30 Å². The molecule has 0 amide bonds. The maximum Gasteiger partial charge on any atom is 0.364 e. The summed E-state index contributed by atoms with van der Waals surface area (Å²) < 4.78 is 2.26. The van der Waals surface area contributed by atoms with Crippen LogP contribution in [0.3, 0.4) is 0 Å². The van der Waals surface area contributed by atoms with Crippen LogP contribution in [0.1, 0.15) is 22.3 Å². The van der Waals surface area contributed by atoms with Crippen molar-refractivity contribution in [3.05, 3.63) is 43.1 Å². The molecule has 0 atom stereocenters. The molecule has 1 aromatic carbocycles. The molecule has 19 heavy (non-hydrogen) atoms. The zero-order valence-corrected chi connectivity index (χ0v) is 12.1. The predicted octanol–water partition coefficient (Wildman–Crippen LogP) is 0.992. The third-order valence-corrected chi connectivity index (χ3v) is 4.03. The first-order chi connectivity index (χ1) is 8.82. The number of hydrogen-bond acceptors (Lipinski definition) is 3. The highest BCUT2D eigenvalue weighted by Gasteiger charge is 2.18. The SMILES string of the molecule is COn1c(=O)c2c(C)c(C)c(C)c(C)c2n(C)c1=O. The molecule has 0 aliphatic carbocycles. The molecular formula is C14H18N2O3. The van der Waals surface area contributed by atoms with Crippen molar-refractivity contribution < 1.29 is 4.84 Å². The van der Waals surface area contributed by atoms with Gasteiger partial charge >= 0.3 is 5.69 Å². The Kier molecular flexibility index (Phi) is 3.00. The van der Waals surface area contributed by atoms with Gasteiger partial charge in [0.05, 0.1) is 10.9 Å². The average molecular weight is 262 g/mol. The van der Waals surface area contributed by atoms with Crippen LogP contribution in [0, 0.1) is 27.7 Å². The third-order valence-electron chi connectivity index (χ3n) is 4.03. The first-order valence-corrected chi connectivity index (χ1v) is 6.09. The number of aryl methyl sites for hydroxylation is 3. The van der Waals surface area contributed by atoms with E-state index in [9.17, 15) is 9.59 Å². The zero-order valence-electron chi connectivity index (χ0n) is 12.1. The molecule has 0 aliphatic rings. The summed E-state index contributed by atoms with van der Waals surface area (Å²) in [5.74, 6) is 0. The summed E-state index contributed by atoms with van der Waals surface area (Å²) in [5, 5.41) is 0.546. The molecule has 0 bridgehead atoms. The molecule has 0 saturated heterocycles. The van der Waals surface area contributed by atoms with E-state index in [2.05, 4.69) is 0 Å². The second kappa shape index (κ2) is 4.26. The van der Waals surface area contributed by atoms with Crippen molar-refractivity contribution in [1.29, 1.82) is 0 Å². The second-order valence-electron chi connectivity index (χ2n) is 4.85. The lowest BCUT2D eigenvalue weighted by atomic mass is 9.95. The highest BCUT2D eigenvalue weighted by molar-refractivity contribution is 5.87. The fourth-order valence-corrected chi connectivity index (χ4v) is 2.55. The first-order valence-electron chi connectivity index (χ1n) is 6.09. The molecule has 0 unspecified atom stereocenters. The molecule has 0 radical (unpaired) electrons. The Morgan fingerprint density at radius 1 is 0.895 bits per heavy atom. The quantitative estimate of drug-likeness (QED) is 0.770. The van der Waals surface area contributed by atoms with Gasteiger partial charge in [0, 0.05) is 7.05 Å². The van der Waals surface area contributed by atoms with E-state index >= 15 is 0 Å². The Balaban J connectivity index is 3.28. The van der Waals surface area contributed by atoms with Crippen LogP contribution in [0.2, 0.25) is 0 Å². The van der Waals surface area contributed by atoms with E-state index in [1.54, 1.807) is 7.05 Å². The van der Waals surface area contributed by atoms with Gasteiger partial charge in [-0.2, -0.15) is 0 Å². The second-order valence-corrected chi connectivity index (χ2v) is 4.85. The highest BCUT2D eigenvalue weighted by Crippen LogP contribution is 2.25. The Morgan fingerprint density at radius 2 is 1.42 bits per heavy atom. The fourth-order valence-electron chi connectivity index (χ4n) is 2.55. The summed E-state index contributed by atoms with van der Waals surface area (Å²) in [6.07, 6.45) is 0. The van der Waals surface area contributed by atoms with Crippen molar-refractivity contribution in [3.63, 3.8) is 0 Å². The van der Waals surface area contributed by atoms with Crippen LogP contribution in [0.15, 0.2) is 9.59 Å². The molecule has 0 spiro atoms. The van der Waals surface area contributed by atoms with Gasteiger partial charge in [0.2, 0.25) is 0 Å². The maximum absolute atomic E-state index is 12.4. The standard InChI is InChI=1S/C14H18N2O3/c1-7-8(2)10(4)12-11(9(7)3)13(17)16(19-6)14(18)15(12)5/h1-6H3. The summed E-state index contributed by atoms with van der Waals surface area (Å²) in [7, 11) is 2.97. The lowest BCUT2D eigenvalue weighted by Gasteiger charge is -2.17. The van der Waals surface area contributed by atoms with Gasteiger partial charge in [-0.1, -0.05) is 4.73 Å². The van der Waals surface area contributed by atoms with E-state index in [4.69, 9.17) is 4.84 Å². The molecule has 1 heterocycles. The molecule has 102 valence electrons. The van der Waals surface area contributed by atoms with Crippen LogP contribution >= 0.6 is 0 Å². The number of fused-ring (bicyclic) bond motifs is 1. The Morgan fingerprint density at radius 3 is 1.95 bits per heavy atom. The van der Waals surface area contributed by atoms with E-state index in [0.29, 0.717) is 10.9 Å². The molecule has 2 rings (SSSR count). The number of hydrogen-bond donors (Lipinski definition) is 0. The van der Waals surface area contributed by atoms with E-state index in [0.717, 1.165) is 27.0 Å². The van der Waals surface area contributed by atoms with E-state index in [1.165, 1.54) is 11.7 Å². The average Bonchev–Trinajstić information content (AvgIpc) is 2.38. The highest BCUT2D eigenvalue weighted by atomic mass is 16.7. The monoisotopic (exact) mass is 262 g/mol. The zero-order chi connectivity index (χ0) is 14.5. The molecule has 5 nitrogen and oxygen atoms in total. The van der Waals surface area contributed by atoms with E-state index in [1.807, 2.05) is 27.7 Å². The van der Waals surface area contributed by atoms with Crippen LogP contribution in [0.4, 0.5) is 0 Å². The fraction of sp³-hybridized carbons (Fsp3) is 0.429. The van der Waals surface area contributed by atoms with Gasteiger partial charge in [-0.3, -0.25) is 9.36 Å². The first kappa shape index (κ1) is 13.4. The molecular weight excluding hydrogens is 244 g/mol. The maximum atomic E-state index is 12.4. The third kappa shape index (κ3) is 1.61. The van der Waals surface area contributed by atoms with Crippen LogP contribution in [-0.4, -0.2) is 16.4 Å². The number of aromatic nitrogens is 2. The van der Waals surface area contributed by atoms with Gasteiger partial charge in [0.15, 0.2) is 0 Å². The largest absolute Gasteiger partial charge is 0.409 e. The predicted molar refractivity (Wildman–Crippen MR) is 74.9 cm³/mol. The molecule has 2 aromatic rings. The van der Waals surface area contributed by atoms with Crippen molar-refractivity contribution in [2.45, 2.75) is 27.7 Å².